The fraction of sp³-hybridized carbons (Fsp3) is 0.188. The lowest BCUT2D eigenvalue weighted by atomic mass is 10.1. The molecule has 0 radical (unpaired) electrons. The molecule has 2 aromatic carbocycles. The van der Waals surface area contributed by atoms with Crippen molar-refractivity contribution in [2.45, 2.75) is 13.0 Å². The first-order valence-corrected chi connectivity index (χ1v) is 6.30. The van der Waals surface area contributed by atoms with E-state index in [2.05, 4.69) is 5.32 Å². The Hall–Kier alpha value is -2.49. The highest BCUT2D eigenvalue weighted by Gasteiger charge is 2.21. The van der Waals surface area contributed by atoms with E-state index in [1.807, 2.05) is 31.2 Å². The summed E-state index contributed by atoms with van der Waals surface area (Å²) < 4.78 is 4.84. The van der Waals surface area contributed by atoms with E-state index in [1.165, 1.54) is 7.11 Å². The van der Waals surface area contributed by atoms with Crippen molar-refractivity contribution >= 4 is 11.7 Å². The maximum Gasteiger partial charge on any atom is 0.332 e. The number of methoxy groups -OCH3 is 1. The van der Waals surface area contributed by atoms with Crippen LogP contribution in [-0.2, 0) is 9.53 Å². The molecule has 0 saturated carbocycles. The number of benzene rings is 2. The molecule has 2 aromatic rings. The Morgan fingerprint density at radius 3 is 2.50 bits per heavy atom. The third-order valence-electron chi connectivity index (χ3n) is 2.99. The molecular weight excluding hydrogens is 254 g/mol. The average molecular weight is 271 g/mol. The minimum atomic E-state index is -0.609. The van der Waals surface area contributed by atoms with E-state index in [9.17, 15) is 9.90 Å². The van der Waals surface area contributed by atoms with Crippen LogP contribution in [0, 0.1) is 6.92 Å². The summed E-state index contributed by atoms with van der Waals surface area (Å²) in [6.07, 6.45) is 0. The highest BCUT2D eigenvalue weighted by atomic mass is 16.5. The topological polar surface area (TPSA) is 58.6 Å². The van der Waals surface area contributed by atoms with Gasteiger partial charge in [-0.2, -0.15) is 0 Å². The van der Waals surface area contributed by atoms with Gasteiger partial charge in [-0.25, -0.2) is 4.79 Å². The maximum atomic E-state index is 11.9. The van der Waals surface area contributed by atoms with Crippen LogP contribution in [0.4, 0.5) is 5.69 Å². The number of phenolic OH excluding ortho intramolecular Hbond substituents is 1. The van der Waals surface area contributed by atoms with Crippen LogP contribution in [0.2, 0.25) is 0 Å². The van der Waals surface area contributed by atoms with Gasteiger partial charge in [-0.05, 0) is 42.3 Å². The number of aryl methyl sites for hydroxylation is 1. The first kappa shape index (κ1) is 13.9. The zero-order chi connectivity index (χ0) is 14.5. The number of ether oxygens (including phenoxy) is 1. The van der Waals surface area contributed by atoms with Crippen molar-refractivity contribution in [2.75, 3.05) is 12.4 Å². The Bertz CT molecular complexity index is 593. The highest BCUT2D eigenvalue weighted by Crippen LogP contribution is 2.23. The standard InChI is InChI=1S/C16H17NO3/c1-11-4-3-5-13(10-11)17-15(16(19)20-2)12-6-8-14(18)9-7-12/h3-10,15,17-18H,1-2H3. The van der Waals surface area contributed by atoms with Crippen molar-refractivity contribution < 1.29 is 14.6 Å². The molecule has 0 heterocycles. The number of carbonyl (C=O) groups is 1. The molecule has 0 aliphatic rings. The maximum absolute atomic E-state index is 11.9. The van der Waals surface area contributed by atoms with Gasteiger partial charge in [-0.3, -0.25) is 0 Å². The van der Waals surface area contributed by atoms with Gasteiger partial charge in [-0.1, -0.05) is 24.3 Å². The third kappa shape index (κ3) is 3.29. The number of rotatable bonds is 4. The first-order chi connectivity index (χ1) is 9.60. The molecular formula is C16H17NO3. The molecule has 0 spiro atoms. The second kappa shape index (κ2) is 6.10. The second-order valence-corrected chi connectivity index (χ2v) is 4.56. The quantitative estimate of drug-likeness (QED) is 0.839. The summed E-state index contributed by atoms with van der Waals surface area (Å²) in [6.45, 7) is 1.99. The van der Waals surface area contributed by atoms with E-state index < -0.39 is 6.04 Å². The number of hydrogen-bond acceptors (Lipinski definition) is 4. The third-order valence-corrected chi connectivity index (χ3v) is 2.99. The monoisotopic (exact) mass is 271 g/mol. The number of aromatic hydroxyl groups is 1. The van der Waals surface area contributed by atoms with Crippen LogP contribution in [0.1, 0.15) is 17.2 Å². The predicted octanol–water partition coefficient (Wildman–Crippen LogP) is 3.03. The Labute approximate surface area is 118 Å². The average Bonchev–Trinajstić information content (AvgIpc) is 2.45. The summed E-state index contributed by atoms with van der Waals surface area (Å²) in [7, 11) is 1.35. The molecule has 0 amide bonds. The van der Waals surface area contributed by atoms with E-state index in [0.29, 0.717) is 0 Å². The van der Waals surface area contributed by atoms with Crippen LogP contribution in [0.25, 0.3) is 0 Å². The molecule has 2 N–H and O–H groups in total. The van der Waals surface area contributed by atoms with Crippen LogP contribution in [0.15, 0.2) is 48.5 Å². The van der Waals surface area contributed by atoms with Crippen molar-refractivity contribution in [1.82, 2.24) is 0 Å². The molecule has 0 saturated heterocycles. The smallest absolute Gasteiger partial charge is 0.332 e. The zero-order valence-electron chi connectivity index (χ0n) is 11.5. The fourth-order valence-corrected chi connectivity index (χ4v) is 1.96. The van der Waals surface area contributed by atoms with Crippen molar-refractivity contribution in [3.8, 4) is 5.75 Å². The van der Waals surface area contributed by atoms with Crippen molar-refractivity contribution in [3.63, 3.8) is 0 Å². The molecule has 104 valence electrons. The molecule has 4 nitrogen and oxygen atoms in total. The van der Waals surface area contributed by atoms with Crippen molar-refractivity contribution in [2.24, 2.45) is 0 Å². The number of anilines is 1. The molecule has 0 bridgehead atoms. The van der Waals surface area contributed by atoms with E-state index in [0.717, 1.165) is 16.8 Å². The Kier molecular flexibility index (Phi) is 4.25. The lowest BCUT2D eigenvalue weighted by Crippen LogP contribution is -2.22. The van der Waals surface area contributed by atoms with Gasteiger partial charge in [0.15, 0.2) is 6.04 Å². The number of esters is 1. The van der Waals surface area contributed by atoms with Crippen LogP contribution in [0.3, 0.4) is 0 Å². The molecule has 0 aromatic heterocycles. The lowest BCUT2D eigenvalue weighted by Gasteiger charge is -2.18. The lowest BCUT2D eigenvalue weighted by molar-refractivity contribution is -0.141. The highest BCUT2D eigenvalue weighted by molar-refractivity contribution is 5.81. The molecule has 1 unspecified atom stereocenters. The molecule has 0 fully saturated rings. The summed E-state index contributed by atoms with van der Waals surface area (Å²) in [5.41, 5.74) is 2.67. The fourth-order valence-electron chi connectivity index (χ4n) is 1.96. The molecule has 2 rings (SSSR count). The van der Waals surface area contributed by atoms with Gasteiger partial charge in [0, 0.05) is 5.69 Å². The van der Waals surface area contributed by atoms with Gasteiger partial charge in [0.25, 0.3) is 0 Å². The summed E-state index contributed by atoms with van der Waals surface area (Å²) in [4.78, 5) is 11.9. The Balaban J connectivity index is 2.28. The molecule has 1 atom stereocenters. The Morgan fingerprint density at radius 1 is 1.20 bits per heavy atom. The summed E-state index contributed by atoms with van der Waals surface area (Å²) in [5.74, 6) is -0.217. The summed E-state index contributed by atoms with van der Waals surface area (Å²) in [6, 6.07) is 13.6. The van der Waals surface area contributed by atoms with E-state index in [1.54, 1.807) is 24.3 Å². The van der Waals surface area contributed by atoms with Crippen LogP contribution < -0.4 is 5.32 Å². The van der Waals surface area contributed by atoms with Gasteiger partial charge < -0.3 is 15.2 Å². The molecule has 20 heavy (non-hydrogen) atoms. The van der Waals surface area contributed by atoms with Gasteiger partial charge in [0.2, 0.25) is 0 Å². The van der Waals surface area contributed by atoms with Crippen molar-refractivity contribution in [3.05, 3.63) is 59.7 Å². The Morgan fingerprint density at radius 2 is 1.90 bits per heavy atom. The largest absolute Gasteiger partial charge is 0.508 e. The molecule has 0 aliphatic heterocycles. The van der Waals surface area contributed by atoms with Crippen molar-refractivity contribution in [1.29, 1.82) is 0 Å². The van der Waals surface area contributed by atoms with Gasteiger partial charge >= 0.3 is 5.97 Å². The molecule has 0 aliphatic carbocycles. The number of phenols is 1. The van der Waals surface area contributed by atoms with Gasteiger partial charge in [-0.15, -0.1) is 0 Å². The summed E-state index contributed by atoms with van der Waals surface area (Å²) in [5, 5.41) is 12.5. The van der Waals surface area contributed by atoms with E-state index >= 15 is 0 Å². The normalized spacial score (nSPS) is 11.7. The predicted molar refractivity (Wildman–Crippen MR) is 77.7 cm³/mol. The van der Waals surface area contributed by atoms with Gasteiger partial charge in [0.1, 0.15) is 5.75 Å². The number of nitrogens with one attached hydrogen (secondary N) is 1. The number of hydrogen-bond donors (Lipinski definition) is 2. The van der Waals surface area contributed by atoms with E-state index in [4.69, 9.17) is 4.74 Å². The van der Waals surface area contributed by atoms with Crippen LogP contribution >= 0.6 is 0 Å². The van der Waals surface area contributed by atoms with Crippen LogP contribution in [0.5, 0.6) is 5.75 Å². The SMILES string of the molecule is COC(=O)C(Nc1cccc(C)c1)c1ccc(O)cc1. The van der Waals surface area contributed by atoms with Gasteiger partial charge in [0.05, 0.1) is 7.11 Å². The minimum Gasteiger partial charge on any atom is -0.508 e. The minimum absolute atomic E-state index is 0.160. The first-order valence-electron chi connectivity index (χ1n) is 6.30. The second-order valence-electron chi connectivity index (χ2n) is 4.56. The number of carbonyl (C=O) groups excluding carboxylic acids is 1. The zero-order valence-corrected chi connectivity index (χ0v) is 11.5. The summed E-state index contributed by atoms with van der Waals surface area (Å²) >= 11 is 0. The van der Waals surface area contributed by atoms with E-state index in [-0.39, 0.29) is 11.7 Å². The molecule has 4 heteroatoms. The van der Waals surface area contributed by atoms with Crippen LogP contribution in [-0.4, -0.2) is 18.2 Å².